The van der Waals surface area contributed by atoms with Crippen LogP contribution in [0.5, 0.6) is 5.88 Å². The van der Waals surface area contributed by atoms with Crippen LogP contribution in [-0.2, 0) is 6.42 Å². The van der Waals surface area contributed by atoms with Crippen molar-refractivity contribution in [3.8, 4) is 11.9 Å². The molecule has 1 aromatic carbocycles. The Balaban J connectivity index is 1.89. The normalized spacial score (nSPS) is 17.1. The van der Waals surface area contributed by atoms with Crippen LogP contribution in [-0.4, -0.2) is 4.98 Å². The van der Waals surface area contributed by atoms with Gasteiger partial charge in [0.05, 0.1) is 11.6 Å². The van der Waals surface area contributed by atoms with Gasteiger partial charge in [-0.2, -0.15) is 5.26 Å². The topological polar surface area (TPSA) is 45.9 Å². The van der Waals surface area contributed by atoms with Gasteiger partial charge in [0.2, 0.25) is 5.88 Å². The summed E-state index contributed by atoms with van der Waals surface area (Å²) in [5, 5.41) is 9.02. The maximum absolute atomic E-state index is 9.02. The number of rotatable bonds is 2. The van der Waals surface area contributed by atoms with Gasteiger partial charge in [-0.1, -0.05) is 24.3 Å². The van der Waals surface area contributed by atoms with Gasteiger partial charge in [0.25, 0.3) is 0 Å². The lowest BCUT2D eigenvalue weighted by Crippen LogP contribution is -2.15. The Morgan fingerprint density at radius 3 is 3.00 bits per heavy atom. The standard InChI is InChI=1S/C17H16N2O/c1-12-9-13(11-18)10-17(19-12)20-16-8-4-6-14-5-2-3-7-15(14)16/h2-3,5,7,9-10,16H,4,6,8H2,1H3. The number of aromatic nitrogens is 1. The number of aryl methyl sites for hydroxylation is 2. The second-order valence-corrected chi connectivity index (χ2v) is 5.14. The van der Waals surface area contributed by atoms with E-state index >= 15 is 0 Å². The minimum atomic E-state index is 0.0424. The maximum Gasteiger partial charge on any atom is 0.215 e. The van der Waals surface area contributed by atoms with Gasteiger partial charge in [-0.05, 0) is 43.4 Å². The molecule has 0 saturated heterocycles. The molecule has 3 heteroatoms. The summed E-state index contributed by atoms with van der Waals surface area (Å²) in [5.74, 6) is 0.545. The Morgan fingerprint density at radius 2 is 2.15 bits per heavy atom. The highest BCUT2D eigenvalue weighted by atomic mass is 16.5. The van der Waals surface area contributed by atoms with E-state index in [-0.39, 0.29) is 6.10 Å². The zero-order valence-electron chi connectivity index (χ0n) is 11.5. The van der Waals surface area contributed by atoms with Crippen molar-refractivity contribution < 1.29 is 4.74 Å². The molecule has 1 aliphatic rings. The number of hydrogen-bond acceptors (Lipinski definition) is 3. The highest BCUT2D eigenvalue weighted by Gasteiger charge is 2.21. The van der Waals surface area contributed by atoms with E-state index in [1.165, 1.54) is 11.1 Å². The van der Waals surface area contributed by atoms with Crippen molar-refractivity contribution in [2.75, 3.05) is 0 Å². The molecule has 3 nitrogen and oxygen atoms in total. The minimum absolute atomic E-state index is 0.0424. The largest absolute Gasteiger partial charge is 0.469 e. The van der Waals surface area contributed by atoms with Crippen molar-refractivity contribution in [3.63, 3.8) is 0 Å². The monoisotopic (exact) mass is 264 g/mol. The predicted molar refractivity (Wildman–Crippen MR) is 76.4 cm³/mol. The van der Waals surface area contributed by atoms with Gasteiger partial charge in [-0.15, -0.1) is 0 Å². The van der Waals surface area contributed by atoms with Crippen molar-refractivity contribution >= 4 is 0 Å². The molecule has 20 heavy (non-hydrogen) atoms. The van der Waals surface area contributed by atoms with E-state index in [0.717, 1.165) is 25.0 Å². The molecule has 0 saturated carbocycles. The lowest BCUT2D eigenvalue weighted by molar-refractivity contribution is 0.175. The van der Waals surface area contributed by atoms with Gasteiger partial charge in [0.15, 0.2) is 0 Å². The van der Waals surface area contributed by atoms with Crippen LogP contribution >= 0.6 is 0 Å². The molecule has 0 bridgehead atoms. The van der Waals surface area contributed by atoms with Crippen LogP contribution in [0.4, 0.5) is 0 Å². The Bertz CT molecular complexity index is 673. The maximum atomic E-state index is 9.02. The van der Waals surface area contributed by atoms with Crippen LogP contribution in [0.15, 0.2) is 36.4 Å². The first-order valence-corrected chi connectivity index (χ1v) is 6.89. The molecular formula is C17H16N2O. The van der Waals surface area contributed by atoms with E-state index in [9.17, 15) is 0 Å². The van der Waals surface area contributed by atoms with E-state index in [2.05, 4.69) is 29.3 Å². The van der Waals surface area contributed by atoms with Crippen molar-refractivity contribution in [3.05, 3.63) is 58.8 Å². The van der Waals surface area contributed by atoms with Crippen LogP contribution in [0.25, 0.3) is 0 Å². The third-order valence-corrected chi connectivity index (χ3v) is 3.64. The van der Waals surface area contributed by atoms with E-state index < -0.39 is 0 Å². The lowest BCUT2D eigenvalue weighted by atomic mass is 9.89. The second-order valence-electron chi connectivity index (χ2n) is 5.14. The van der Waals surface area contributed by atoms with E-state index in [0.29, 0.717) is 11.4 Å². The Labute approximate surface area is 118 Å². The number of nitriles is 1. The molecule has 3 rings (SSSR count). The summed E-state index contributed by atoms with van der Waals surface area (Å²) in [6, 6.07) is 14.0. The van der Waals surface area contributed by atoms with Gasteiger partial charge in [-0.25, -0.2) is 4.98 Å². The van der Waals surface area contributed by atoms with E-state index in [1.54, 1.807) is 12.1 Å². The number of benzene rings is 1. The van der Waals surface area contributed by atoms with Gasteiger partial charge in [0.1, 0.15) is 6.10 Å². The number of fused-ring (bicyclic) bond motifs is 1. The molecule has 0 N–H and O–H groups in total. The van der Waals surface area contributed by atoms with Crippen LogP contribution in [0, 0.1) is 18.3 Å². The van der Waals surface area contributed by atoms with Crippen LogP contribution in [0.1, 0.15) is 41.3 Å². The molecule has 1 aliphatic carbocycles. The molecule has 1 aromatic heterocycles. The molecule has 0 radical (unpaired) electrons. The van der Waals surface area contributed by atoms with Crippen molar-refractivity contribution in [2.45, 2.75) is 32.3 Å². The molecular weight excluding hydrogens is 248 g/mol. The Morgan fingerprint density at radius 1 is 1.30 bits per heavy atom. The highest BCUT2D eigenvalue weighted by molar-refractivity contribution is 5.36. The molecule has 2 aromatic rings. The molecule has 1 heterocycles. The molecule has 100 valence electrons. The summed E-state index contributed by atoms with van der Waals surface area (Å²) in [6.45, 7) is 1.88. The average Bonchev–Trinajstić information content (AvgIpc) is 2.47. The number of nitrogens with zero attached hydrogens (tertiary/aromatic N) is 2. The quantitative estimate of drug-likeness (QED) is 0.830. The summed E-state index contributed by atoms with van der Waals surface area (Å²) < 4.78 is 6.04. The number of hydrogen-bond donors (Lipinski definition) is 0. The van der Waals surface area contributed by atoms with Crippen LogP contribution in [0.3, 0.4) is 0 Å². The average molecular weight is 264 g/mol. The SMILES string of the molecule is Cc1cc(C#N)cc(OC2CCCc3ccccc32)n1. The molecule has 0 aliphatic heterocycles. The summed E-state index contributed by atoms with van der Waals surface area (Å²) in [6.07, 6.45) is 3.27. The molecule has 1 unspecified atom stereocenters. The highest BCUT2D eigenvalue weighted by Crippen LogP contribution is 2.33. The second kappa shape index (κ2) is 5.34. The summed E-state index contributed by atoms with van der Waals surface area (Å²) in [7, 11) is 0. The first-order chi connectivity index (χ1) is 9.76. The molecule has 0 amide bonds. The molecule has 0 spiro atoms. The number of pyridine rings is 1. The first-order valence-electron chi connectivity index (χ1n) is 6.89. The van der Waals surface area contributed by atoms with E-state index in [4.69, 9.17) is 10.00 Å². The van der Waals surface area contributed by atoms with Gasteiger partial charge in [-0.3, -0.25) is 0 Å². The summed E-state index contributed by atoms with van der Waals surface area (Å²) in [5.41, 5.74) is 4.01. The Hall–Kier alpha value is -2.34. The predicted octanol–water partition coefficient (Wildman–Crippen LogP) is 3.72. The zero-order chi connectivity index (χ0) is 13.9. The number of ether oxygens (including phenoxy) is 1. The fourth-order valence-electron chi connectivity index (χ4n) is 2.74. The molecule has 1 atom stereocenters. The lowest BCUT2D eigenvalue weighted by Gasteiger charge is -2.25. The van der Waals surface area contributed by atoms with Gasteiger partial charge in [0, 0.05) is 11.8 Å². The first kappa shape index (κ1) is 12.7. The van der Waals surface area contributed by atoms with Crippen molar-refractivity contribution in [2.24, 2.45) is 0 Å². The third-order valence-electron chi connectivity index (χ3n) is 3.64. The third kappa shape index (κ3) is 2.50. The van der Waals surface area contributed by atoms with Gasteiger partial charge >= 0.3 is 0 Å². The minimum Gasteiger partial charge on any atom is -0.469 e. The Kier molecular flexibility index (Phi) is 3.39. The van der Waals surface area contributed by atoms with Gasteiger partial charge < -0.3 is 4.74 Å². The summed E-state index contributed by atoms with van der Waals surface area (Å²) in [4.78, 5) is 4.38. The fourth-order valence-corrected chi connectivity index (χ4v) is 2.74. The molecule has 0 fully saturated rings. The van der Waals surface area contributed by atoms with E-state index in [1.807, 2.05) is 13.0 Å². The summed E-state index contributed by atoms with van der Waals surface area (Å²) >= 11 is 0. The van der Waals surface area contributed by atoms with Crippen molar-refractivity contribution in [1.29, 1.82) is 5.26 Å². The van der Waals surface area contributed by atoms with Crippen molar-refractivity contribution in [1.82, 2.24) is 4.98 Å². The smallest absolute Gasteiger partial charge is 0.215 e. The fraction of sp³-hybridized carbons (Fsp3) is 0.294. The zero-order valence-corrected chi connectivity index (χ0v) is 11.5. The van der Waals surface area contributed by atoms with Crippen LogP contribution in [0.2, 0.25) is 0 Å². The van der Waals surface area contributed by atoms with Crippen LogP contribution < -0.4 is 4.74 Å².